The Morgan fingerprint density at radius 1 is 1.12 bits per heavy atom. The zero-order valence-electron chi connectivity index (χ0n) is 15.0. The quantitative estimate of drug-likeness (QED) is 0.289. The van der Waals surface area contributed by atoms with Crippen molar-refractivity contribution < 1.29 is 9.59 Å². The molecule has 1 heterocycles. The maximum Gasteiger partial charge on any atom is 0.237 e. The summed E-state index contributed by atoms with van der Waals surface area (Å²) in [6.07, 6.45) is 4.08. The van der Waals surface area contributed by atoms with Gasteiger partial charge in [-0.3, -0.25) is 9.59 Å². The van der Waals surface area contributed by atoms with Crippen molar-refractivity contribution >= 4 is 33.4 Å². The zero-order valence-corrected chi connectivity index (χ0v) is 16.7. The van der Waals surface area contributed by atoms with E-state index >= 15 is 0 Å². The topological polar surface area (TPSA) is 108 Å². The first-order valence-electron chi connectivity index (χ1n) is 9.00. The van der Waals surface area contributed by atoms with Gasteiger partial charge in [0.1, 0.15) is 0 Å². The summed E-state index contributed by atoms with van der Waals surface area (Å²) in [6.45, 7) is 1.25. The molecule has 0 aromatic heterocycles. The molecule has 1 aliphatic heterocycles. The van der Waals surface area contributed by atoms with E-state index in [0.29, 0.717) is 23.6 Å². The van der Waals surface area contributed by atoms with Crippen molar-refractivity contribution in [2.45, 2.75) is 60.7 Å². The number of hydrogen-bond donors (Lipinski definition) is 5. The molecule has 2 rings (SSSR count). The minimum Gasteiger partial charge on any atom is -0.353 e. The molecule has 2 amide bonds. The first-order chi connectivity index (χ1) is 12.0. The second-order valence-electron chi connectivity index (χ2n) is 6.78. The van der Waals surface area contributed by atoms with Crippen molar-refractivity contribution in [1.29, 1.82) is 0 Å². The van der Waals surface area contributed by atoms with Crippen LogP contribution in [0.2, 0.25) is 0 Å². The molecule has 0 radical (unpaired) electrons. The number of nitrogens with one attached hydrogen (secondary N) is 4. The number of carbonyl (C=O) groups is 2. The van der Waals surface area contributed by atoms with Gasteiger partial charge in [0.25, 0.3) is 0 Å². The summed E-state index contributed by atoms with van der Waals surface area (Å²) in [7, 11) is 7.42. The zero-order chi connectivity index (χ0) is 18.2. The van der Waals surface area contributed by atoms with Crippen LogP contribution in [0.4, 0.5) is 0 Å². The van der Waals surface area contributed by atoms with Crippen molar-refractivity contribution in [1.82, 2.24) is 21.3 Å². The minimum atomic E-state index is -0.512. The maximum absolute atomic E-state index is 12.4. The van der Waals surface area contributed by atoms with Gasteiger partial charge in [0.2, 0.25) is 11.8 Å². The molecular weight excluding hydrogens is 358 g/mol. The summed E-state index contributed by atoms with van der Waals surface area (Å²) in [5.41, 5.74) is 6.24. The fraction of sp³-hybridized carbons (Fsp3) is 0.875. The van der Waals surface area contributed by atoms with Crippen LogP contribution in [0.15, 0.2) is 0 Å². The Morgan fingerprint density at radius 2 is 1.88 bits per heavy atom. The number of nitrogens with two attached hydrogens (primary N) is 1. The van der Waals surface area contributed by atoms with Gasteiger partial charge in [-0.1, -0.05) is 21.6 Å². The second-order valence-corrected chi connectivity index (χ2v) is 9.53. The normalized spacial score (nSPS) is 30.2. The lowest BCUT2D eigenvalue weighted by atomic mass is 9.92. The Balaban J connectivity index is 1.77. The summed E-state index contributed by atoms with van der Waals surface area (Å²) in [4.78, 5) is 24.5. The van der Waals surface area contributed by atoms with Crippen molar-refractivity contribution in [3.05, 3.63) is 0 Å². The lowest BCUT2D eigenvalue weighted by Crippen LogP contribution is -2.49. The smallest absolute Gasteiger partial charge is 0.237 e. The third kappa shape index (κ3) is 6.63. The Labute approximate surface area is 158 Å². The van der Waals surface area contributed by atoms with Crippen LogP contribution >= 0.6 is 21.6 Å². The number of fused-ring (bicyclic) bond motifs is 1. The summed E-state index contributed by atoms with van der Waals surface area (Å²) in [6, 6.07) is -0.266. The van der Waals surface area contributed by atoms with Gasteiger partial charge in [-0.25, -0.2) is 0 Å². The van der Waals surface area contributed by atoms with Crippen LogP contribution in [0, 0.1) is 0 Å². The van der Waals surface area contributed by atoms with Gasteiger partial charge in [0.15, 0.2) is 0 Å². The Hall–Kier alpha value is -0.480. The minimum absolute atomic E-state index is 0.0897. The molecule has 25 heavy (non-hydrogen) atoms. The average molecular weight is 390 g/mol. The lowest BCUT2D eigenvalue weighted by molar-refractivity contribution is -0.128. The molecule has 1 saturated heterocycles. The van der Waals surface area contributed by atoms with Gasteiger partial charge in [-0.15, -0.1) is 0 Å². The highest BCUT2D eigenvalue weighted by Gasteiger charge is 2.37. The van der Waals surface area contributed by atoms with E-state index in [1.54, 1.807) is 7.05 Å². The van der Waals surface area contributed by atoms with E-state index in [9.17, 15) is 9.59 Å². The number of carbonyl (C=O) groups excluding carboxylic acids is 2. The van der Waals surface area contributed by atoms with Gasteiger partial charge in [-0.05, 0) is 39.8 Å². The molecule has 7 nitrogen and oxygen atoms in total. The molecule has 1 saturated carbocycles. The molecule has 6 N–H and O–H groups in total. The van der Waals surface area contributed by atoms with E-state index in [0.717, 1.165) is 25.7 Å². The first-order valence-corrected chi connectivity index (χ1v) is 11.3. The molecule has 1 aliphatic carbocycles. The van der Waals surface area contributed by atoms with Gasteiger partial charge in [0, 0.05) is 35.7 Å². The molecule has 0 spiro atoms. The highest BCUT2D eigenvalue weighted by molar-refractivity contribution is 8.80. The van der Waals surface area contributed by atoms with Crippen LogP contribution in [-0.2, 0) is 9.59 Å². The van der Waals surface area contributed by atoms with E-state index in [1.807, 2.05) is 28.6 Å². The number of hydrogen-bond acceptors (Lipinski definition) is 7. The first kappa shape index (κ1) is 20.8. The number of rotatable bonds is 8. The third-order valence-electron chi connectivity index (χ3n) is 4.73. The molecule has 144 valence electrons. The fourth-order valence-corrected chi connectivity index (χ4v) is 6.28. The summed E-state index contributed by atoms with van der Waals surface area (Å²) in [5, 5.41) is 13.2. The van der Waals surface area contributed by atoms with E-state index in [-0.39, 0.29) is 30.3 Å². The van der Waals surface area contributed by atoms with Gasteiger partial charge in [-0.2, -0.15) is 0 Å². The number of likely N-dealkylation sites (N-methyl/N-ethyl adjacent to an activating group) is 2. The second kappa shape index (κ2) is 10.6. The van der Waals surface area contributed by atoms with Crippen molar-refractivity contribution in [2.24, 2.45) is 5.73 Å². The van der Waals surface area contributed by atoms with E-state index in [4.69, 9.17) is 5.73 Å². The van der Waals surface area contributed by atoms with E-state index in [2.05, 4.69) is 21.3 Å². The molecule has 4 unspecified atom stereocenters. The summed E-state index contributed by atoms with van der Waals surface area (Å²) >= 11 is 0. The highest BCUT2D eigenvalue weighted by Crippen LogP contribution is 2.52. The van der Waals surface area contributed by atoms with Crippen LogP contribution < -0.4 is 27.0 Å². The van der Waals surface area contributed by atoms with Crippen LogP contribution in [0.3, 0.4) is 0 Å². The van der Waals surface area contributed by atoms with Gasteiger partial charge < -0.3 is 27.0 Å². The monoisotopic (exact) mass is 389 g/mol. The Morgan fingerprint density at radius 3 is 2.52 bits per heavy atom. The number of amides is 2. The molecule has 2 aliphatic rings. The molecule has 0 aromatic carbocycles. The summed E-state index contributed by atoms with van der Waals surface area (Å²) in [5.74, 6) is -0.235. The Bertz CT molecular complexity index is 454. The van der Waals surface area contributed by atoms with Crippen molar-refractivity contribution in [2.75, 3.05) is 27.2 Å². The van der Waals surface area contributed by atoms with Crippen LogP contribution in [-0.4, -0.2) is 67.6 Å². The molecule has 0 bridgehead atoms. The lowest BCUT2D eigenvalue weighted by Gasteiger charge is -2.40. The molecule has 9 heteroatoms. The largest absolute Gasteiger partial charge is 0.353 e. The Kier molecular flexibility index (Phi) is 8.84. The van der Waals surface area contributed by atoms with Crippen LogP contribution in [0.25, 0.3) is 0 Å². The predicted octanol–water partition coefficient (Wildman–Crippen LogP) is -0.182. The predicted molar refractivity (Wildman–Crippen MR) is 106 cm³/mol. The van der Waals surface area contributed by atoms with Gasteiger partial charge >= 0.3 is 0 Å². The highest BCUT2D eigenvalue weighted by atomic mass is 33.1. The average Bonchev–Trinajstić information content (AvgIpc) is 2.55. The van der Waals surface area contributed by atoms with E-state index in [1.165, 1.54) is 0 Å². The van der Waals surface area contributed by atoms with Crippen molar-refractivity contribution in [3.63, 3.8) is 0 Å². The summed E-state index contributed by atoms with van der Waals surface area (Å²) < 4.78 is 0. The maximum atomic E-state index is 12.4. The van der Waals surface area contributed by atoms with Crippen LogP contribution in [0.1, 0.15) is 32.1 Å². The molecule has 0 aromatic rings. The SMILES string of the molecule is CNCCNC(=O)[C@H](CC(=O)NC1CCC2SSC2CC(N)C1)NC. The third-order valence-corrected chi connectivity index (χ3v) is 8.41. The van der Waals surface area contributed by atoms with E-state index < -0.39 is 6.04 Å². The molecule has 2 fully saturated rings. The fourth-order valence-electron chi connectivity index (χ4n) is 3.24. The van der Waals surface area contributed by atoms with Gasteiger partial charge in [0.05, 0.1) is 12.5 Å². The van der Waals surface area contributed by atoms with Crippen molar-refractivity contribution in [3.8, 4) is 0 Å². The molecular formula is C16H31N5O2S2. The standard InChI is InChI=1S/C16H31N5O2S2/c1-18-5-6-20-16(23)12(19-2)9-15(22)21-11-3-4-13-14(25-24-13)8-10(17)7-11/h10-14,18-19H,3-9,17H2,1-2H3,(H,20,23)(H,21,22)/t10?,11?,12-,13?,14?/m0/s1. The molecule has 5 atom stereocenters. The van der Waals surface area contributed by atoms with Crippen LogP contribution in [0.5, 0.6) is 0 Å².